The van der Waals surface area contributed by atoms with Crippen molar-refractivity contribution in [3.63, 3.8) is 0 Å². The Balaban J connectivity index is 1.03. The van der Waals surface area contributed by atoms with Crippen molar-refractivity contribution in [2.45, 2.75) is 57.4 Å². The first-order valence-corrected chi connectivity index (χ1v) is 13.3. The molecule has 10 heteroatoms. The molecule has 36 heavy (non-hydrogen) atoms. The topological polar surface area (TPSA) is 106 Å². The molecule has 4 heterocycles. The zero-order chi connectivity index (χ0) is 24.5. The molecule has 10 nitrogen and oxygen atoms in total. The maximum Gasteiger partial charge on any atom is 0.225 e. The largest absolute Gasteiger partial charge is 0.494 e. The van der Waals surface area contributed by atoms with Crippen LogP contribution in [-0.2, 0) is 4.74 Å². The number of piperidine rings is 1. The number of ether oxygens (including phenoxy) is 2. The Morgan fingerprint density at radius 2 is 1.94 bits per heavy atom. The van der Waals surface area contributed by atoms with Crippen LogP contribution in [0.15, 0.2) is 30.5 Å². The average Bonchev–Trinajstić information content (AvgIpc) is 3.31. The molecule has 2 aliphatic heterocycles. The fourth-order valence-corrected chi connectivity index (χ4v) is 5.65. The molecular formula is C26H36N8O2. The van der Waals surface area contributed by atoms with Gasteiger partial charge in [-0.05, 0) is 95.3 Å². The van der Waals surface area contributed by atoms with Crippen LogP contribution in [0.2, 0.25) is 0 Å². The lowest BCUT2D eigenvalue weighted by atomic mass is 9.97. The molecule has 4 atom stereocenters. The van der Waals surface area contributed by atoms with Gasteiger partial charge in [0.2, 0.25) is 5.95 Å². The fourth-order valence-electron chi connectivity index (χ4n) is 5.65. The summed E-state index contributed by atoms with van der Waals surface area (Å²) in [7, 11) is 2.21. The normalized spacial score (nSPS) is 26.9. The van der Waals surface area contributed by atoms with Crippen LogP contribution in [0, 0.1) is 11.8 Å². The molecule has 0 spiro atoms. The maximum absolute atomic E-state index is 6.04. The van der Waals surface area contributed by atoms with E-state index < -0.39 is 0 Å². The summed E-state index contributed by atoms with van der Waals surface area (Å²) in [5.74, 6) is 2.81. The van der Waals surface area contributed by atoms with Crippen LogP contribution in [0.5, 0.6) is 5.75 Å². The van der Waals surface area contributed by atoms with E-state index in [4.69, 9.17) is 14.5 Å². The molecule has 3 aliphatic rings. The summed E-state index contributed by atoms with van der Waals surface area (Å²) in [5.41, 5.74) is 2.25. The van der Waals surface area contributed by atoms with E-state index in [9.17, 15) is 0 Å². The zero-order valence-electron chi connectivity index (χ0n) is 21.1. The molecular weight excluding hydrogens is 456 g/mol. The first kappa shape index (κ1) is 23.6. The second-order valence-electron chi connectivity index (χ2n) is 10.4. The molecule has 6 rings (SSSR count). The van der Waals surface area contributed by atoms with Gasteiger partial charge in [0.1, 0.15) is 18.1 Å². The number of anilines is 1. The second kappa shape index (κ2) is 10.3. The van der Waals surface area contributed by atoms with Crippen molar-refractivity contribution in [3.05, 3.63) is 30.5 Å². The van der Waals surface area contributed by atoms with Gasteiger partial charge >= 0.3 is 0 Å². The first-order valence-electron chi connectivity index (χ1n) is 13.3. The minimum Gasteiger partial charge on any atom is -0.494 e. The van der Waals surface area contributed by atoms with Gasteiger partial charge < -0.3 is 19.7 Å². The van der Waals surface area contributed by atoms with Crippen LogP contribution in [0.25, 0.3) is 16.9 Å². The van der Waals surface area contributed by atoms with E-state index >= 15 is 0 Å². The Bertz CT molecular complexity index is 1160. The van der Waals surface area contributed by atoms with Crippen LogP contribution in [0.3, 0.4) is 0 Å². The van der Waals surface area contributed by atoms with Gasteiger partial charge in [-0.1, -0.05) is 5.21 Å². The molecule has 192 valence electrons. The monoisotopic (exact) mass is 492 g/mol. The predicted octanol–water partition coefficient (Wildman–Crippen LogP) is 2.85. The standard InChI is InChI=1S/C26H36N8O2/c1-3-35-21-8-6-20(7-9-21)34-24-22(31-32-34)16-28-26(30-24)29-19-5-4-18(14-19)23-25(36-23)27-15-17-10-12-33(2)13-11-17/h6-9,16-19,23,25,27H,3-5,10-15H2,1-2H3,(H,28,29,30)/t18-,19-,23?,25?/m1/s1. The highest BCUT2D eigenvalue weighted by molar-refractivity contribution is 5.72. The number of rotatable bonds is 9. The van der Waals surface area contributed by atoms with Crippen molar-refractivity contribution in [2.24, 2.45) is 11.8 Å². The summed E-state index contributed by atoms with van der Waals surface area (Å²) in [6, 6.07) is 8.13. The lowest BCUT2D eigenvalue weighted by Gasteiger charge is -2.28. The summed E-state index contributed by atoms with van der Waals surface area (Å²) in [4.78, 5) is 11.7. The lowest BCUT2D eigenvalue weighted by Crippen LogP contribution is -2.36. The fraction of sp³-hybridized carbons (Fsp3) is 0.615. The van der Waals surface area contributed by atoms with Crippen molar-refractivity contribution in [1.82, 2.24) is 35.2 Å². The van der Waals surface area contributed by atoms with E-state index in [1.807, 2.05) is 31.2 Å². The van der Waals surface area contributed by atoms with Crippen LogP contribution in [-0.4, -0.2) is 81.5 Å². The van der Waals surface area contributed by atoms with E-state index in [2.05, 4.69) is 37.9 Å². The number of epoxide rings is 1. The number of fused-ring (bicyclic) bond motifs is 1. The smallest absolute Gasteiger partial charge is 0.225 e. The minimum absolute atomic E-state index is 0.232. The van der Waals surface area contributed by atoms with Gasteiger partial charge in [-0.15, -0.1) is 5.10 Å². The molecule has 1 saturated carbocycles. The average molecular weight is 493 g/mol. The summed E-state index contributed by atoms with van der Waals surface area (Å²) >= 11 is 0. The summed E-state index contributed by atoms with van der Waals surface area (Å²) in [6.45, 7) is 6.11. The lowest BCUT2D eigenvalue weighted by molar-refractivity contribution is 0.210. The molecule has 2 saturated heterocycles. The molecule has 1 aromatic carbocycles. The summed E-state index contributed by atoms with van der Waals surface area (Å²) in [6.07, 6.45) is 8.23. The van der Waals surface area contributed by atoms with Crippen LogP contribution < -0.4 is 15.4 Å². The highest BCUT2D eigenvalue weighted by Crippen LogP contribution is 2.39. The number of benzene rings is 1. The minimum atomic E-state index is 0.232. The van der Waals surface area contributed by atoms with Gasteiger partial charge in [-0.2, -0.15) is 9.67 Å². The van der Waals surface area contributed by atoms with E-state index in [0.717, 1.165) is 36.7 Å². The SMILES string of the molecule is CCOc1ccc(-n2nnc3cnc(N[C@@H]4CC[C@@H](C5OC5NCC5CCN(C)CC5)C4)nc32)cc1. The molecule has 2 aromatic heterocycles. The van der Waals surface area contributed by atoms with E-state index in [0.29, 0.717) is 41.8 Å². The molecule has 3 aromatic rings. The van der Waals surface area contributed by atoms with Gasteiger partial charge in [0.15, 0.2) is 11.2 Å². The van der Waals surface area contributed by atoms with Crippen LogP contribution in [0.1, 0.15) is 39.0 Å². The molecule has 2 unspecified atom stereocenters. The Morgan fingerprint density at radius 3 is 2.75 bits per heavy atom. The van der Waals surface area contributed by atoms with Crippen molar-refractivity contribution < 1.29 is 9.47 Å². The van der Waals surface area contributed by atoms with Gasteiger partial charge in [-0.25, -0.2) is 4.98 Å². The maximum atomic E-state index is 6.04. The molecule has 0 radical (unpaired) electrons. The van der Waals surface area contributed by atoms with E-state index in [1.165, 1.54) is 32.4 Å². The van der Waals surface area contributed by atoms with Gasteiger partial charge in [-0.3, -0.25) is 5.32 Å². The quantitative estimate of drug-likeness (QED) is 0.436. The number of aromatic nitrogens is 5. The molecule has 3 fully saturated rings. The number of nitrogens with zero attached hydrogens (tertiary/aromatic N) is 6. The second-order valence-corrected chi connectivity index (χ2v) is 10.4. The third-order valence-electron chi connectivity index (χ3n) is 7.83. The van der Waals surface area contributed by atoms with Crippen molar-refractivity contribution in [3.8, 4) is 11.4 Å². The number of nitrogens with one attached hydrogen (secondary N) is 2. The Morgan fingerprint density at radius 1 is 1.11 bits per heavy atom. The molecule has 0 amide bonds. The highest BCUT2D eigenvalue weighted by Gasteiger charge is 2.47. The number of hydrogen-bond acceptors (Lipinski definition) is 9. The Labute approximate surface area is 211 Å². The summed E-state index contributed by atoms with van der Waals surface area (Å²) in [5, 5.41) is 15.7. The van der Waals surface area contributed by atoms with Gasteiger partial charge in [0.05, 0.1) is 18.5 Å². The highest BCUT2D eigenvalue weighted by atomic mass is 16.6. The van der Waals surface area contributed by atoms with E-state index in [-0.39, 0.29) is 6.23 Å². The number of hydrogen-bond donors (Lipinski definition) is 2. The van der Waals surface area contributed by atoms with Crippen molar-refractivity contribution in [1.29, 1.82) is 0 Å². The summed E-state index contributed by atoms with van der Waals surface area (Å²) < 4.78 is 13.3. The number of likely N-dealkylation sites (tertiary alicyclic amines) is 1. The van der Waals surface area contributed by atoms with Crippen LogP contribution >= 0.6 is 0 Å². The third-order valence-corrected chi connectivity index (χ3v) is 7.83. The Hall–Kier alpha value is -2.82. The molecule has 0 bridgehead atoms. The molecule has 2 N–H and O–H groups in total. The van der Waals surface area contributed by atoms with Gasteiger partial charge in [0, 0.05) is 12.6 Å². The third kappa shape index (κ3) is 5.16. The van der Waals surface area contributed by atoms with E-state index in [1.54, 1.807) is 10.9 Å². The Kier molecular flexibility index (Phi) is 6.73. The molecule has 1 aliphatic carbocycles. The predicted molar refractivity (Wildman–Crippen MR) is 137 cm³/mol. The van der Waals surface area contributed by atoms with Crippen LogP contribution in [0.4, 0.5) is 5.95 Å². The van der Waals surface area contributed by atoms with Gasteiger partial charge in [0.25, 0.3) is 0 Å². The first-order chi connectivity index (χ1) is 17.7. The zero-order valence-corrected chi connectivity index (χ0v) is 21.1. The van der Waals surface area contributed by atoms with Crippen molar-refractivity contribution >= 4 is 17.1 Å². The van der Waals surface area contributed by atoms with Crippen molar-refractivity contribution in [2.75, 3.05) is 38.6 Å².